The summed E-state index contributed by atoms with van der Waals surface area (Å²) >= 11 is 6.43. The van der Waals surface area contributed by atoms with E-state index in [9.17, 15) is 14.4 Å². The number of carbonyl (C=O) groups excluding carboxylic acids is 3. The molecule has 2 aliphatic heterocycles. The number of benzene rings is 1. The summed E-state index contributed by atoms with van der Waals surface area (Å²) in [5.74, 6) is -0.399. The van der Waals surface area contributed by atoms with E-state index >= 15 is 0 Å². The zero-order valence-electron chi connectivity index (χ0n) is 12.7. The minimum absolute atomic E-state index is 0.0603. The van der Waals surface area contributed by atoms with Crippen molar-refractivity contribution in [3.63, 3.8) is 0 Å². The number of furan rings is 1. The van der Waals surface area contributed by atoms with Gasteiger partial charge in [0.2, 0.25) is 6.79 Å². The van der Waals surface area contributed by atoms with Crippen LogP contribution >= 0.6 is 31.9 Å². The van der Waals surface area contributed by atoms with Crippen molar-refractivity contribution in [2.75, 3.05) is 11.7 Å². The van der Waals surface area contributed by atoms with Crippen LogP contribution < -0.4 is 19.7 Å². The summed E-state index contributed by atoms with van der Waals surface area (Å²) in [5, 5.41) is 2.14. The lowest BCUT2D eigenvalue weighted by Gasteiger charge is -2.26. The number of ether oxygens (including phenoxy) is 2. The Bertz CT molecular complexity index is 977. The molecule has 2 aliphatic rings. The molecule has 3 heterocycles. The summed E-state index contributed by atoms with van der Waals surface area (Å²) in [7, 11) is 0. The number of urea groups is 1. The van der Waals surface area contributed by atoms with Crippen LogP contribution in [0.1, 0.15) is 5.76 Å². The van der Waals surface area contributed by atoms with E-state index in [2.05, 4.69) is 37.2 Å². The fourth-order valence-corrected chi connectivity index (χ4v) is 3.10. The minimum Gasteiger partial charge on any atom is -0.454 e. The maximum absolute atomic E-state index is 12.8. The normalized spacial score (nSPS) is 17.8. The highest BCUT2D eigenvalue weighted by molar-refractivity contribution is 9.13. The van der Waals surface area contributed by atoms with Crippen molar-refractivity contribution in [2.45, 2.75) is 0 Å². The third-order valence-corrected chi connectivity index (χ3v) is 5.38. The molecule has 1 aromatic heterocycles. The summed E-state index contributed by atoms with van der Waals surface area (Å²) < 4.78 is 16.9. The molecule has 4 rings (SSSR count). The van der Waals surface area contributed by atoms with Gasteiger partial charge in [0, 0.05) is 6.07 Å². The van der Waals surface area contributed by atoms with Crippen LogP contribution in [0.2, 0.25) is 0 Å². The zero-order valence-corrected chi connectivity index (χ0v) is 15.9. The summed E-state index contributed by atoms with van der Waals surface area (Å²) in [6, 6.07) is 5.33. The first kappa shape index (κ1) is 16.9. The summed E-state index contributed by atoms with van der Waals surface area (Å²) in [6.45, 7) is 0.0603. The van der Waals surface area contributed by atoms with E-state index in [1.54, 1.807) is 12.1 Å². The Morgan fingerprint density at radius 2 is 1.85 bits per heavy atom. The predicted octanol–water partition coefficient (Wildman–Crippen LogP) is 3.20. The number of rotatable bonds is 2. The second kappa shape index (κ2) is 6.29. The van der Waals surface area contributed by atoms with E-state index in [1.165, 1.54) is 18.2 Å². The van der Waals surface area contributed by atoms with E-state index < -0.39 is 17.8 Å². The molecular formula is C16H8Br2N2O6. The molecule has 1 N–H and O–H groups in total. The van der Waals surface area contributed by atoms with Gasteiger partial charge in [-0.3, -0.25) is 14.9 Å². The number of halogens is 2. The lowest BCUT2D eigenvalue weighted by atomic mass is 10.1. The fraction of sp³-hybridized carbons (Fsp3) is 0.0625. The zero-order chi connectivity index (χ0) is 18.4. The van der Waals surface area contributed by atoms with Crippen molar-refractivity contribution in [3.05, 3.63) is 44.7 Å². The molecule has 132 valence electrons. The first-order valence-corrected chi connectivity index (χ1v) is 8.78. The summed E-state index contributed by atoms with van der Waals surface area (Å²) in [6.07, 6.45) is 1.26. The molecular weight excluding hydrogens is 476 g/mol. The Morgan fingerprint density at radius 1 is 1.08 bits per heavy atom. The van der Waals surface area contributed by atoms with Crippen LogP contribution in [0.4, 0.5) is 10.5 Å². The highest BCUT2D eigenvalue weighted by Crippen LogP contribution is 2.36. The lowest BCUT2D eigenvalue weighted by Crippen LogP contribution is -2.54. The number of barbiturate groups is 1. The van der Waals surface area contributed by atoms with Crippen LogP contribution in [0, 0.1) is 0 Å². The van der Waals surface area contributed by atoms with Crippen LogP contribution in [0.3, 0.4) is 0 Å². The van der Waals surface area contributed by atoms with Crippen molar-refractivity contribution < 1.29 is 28.3 Å². The number of fused-ring (bicyclic) bond motifs is 1. The second-order valence-electron chi connectivity index (χ2n) is 5.27. The van der Waals surface area contributed by atoms with E-state index in [1.807, 2.05) is 0 Å². The molecule has 0 bridgehead atoms. The van der Waals surface area contributed by atoms with E-state index in [4.69, 9.17) is 13.9 Å². The van der Waals surface area contributed by atoms with Crippen molar-refractivity contribution >= 4 is 61.5 Å². The Morgan fingerprint density at radius 3 is 2.58 bits per heavy atom. The van der Waals surface area contributed by atoms with Crippen molar-refractivity contribution in [3.8, 4) is 11.5 Å². The average molecular weight is 484 g/mol. The number of anilines is 1. The number of imide groups is 2. The smallest absolute Gasteiger partial charge is 0.335 e. The van der Waals surface area contributed by atoms with Crippen LogP contribution in [-0.4, -0.2) is 24.6 Å². The Labute approximate surface area is 163 Å². The standard InChI is InChI=1S/C16H8Br2N2O6/c17-10-5-8(26-13(10)18)4-9-14(21)19-16(23)20(15(9)22)7-1-2-11-12(3-7)25-6-24-11/h1-5H,6H2,(H,19,21,23)/b9-4+. The Balaban J connectivity index is 1.73. The number of amides is 4. The molecule has 0 atom stereocenters. The Kier molecular flexibility index (Phi) is 4.08. The summed E-state index contributed by atoms with van der Waals surface area (Å²) in [4.78, 5) is 38.0. The first-order chi connectivity index (χ1) is 12.4. The number of hydrogen-bond acceptors (Lipinski definition) is 6. The van der Waals surface area contributed by atoms with Gasteiger partial charge in [0.05, 0.1) is 10.2 Å². The third-order valence-electron chi connectivity index (χ3n) is 3.67. The van der Waals surface area contributed by atoms with Crippen molar-refractivity contribution in [1.29, 1.82) is 0 Å². The molecule has 1 aromatic carbocycles. The number of nitrogens with zero attached hydrogens (tertiary/aromatic N) is 1. The van der Waals surface area contributed by atoms with Gasteiger partial charge >= 0.3 is 6.03 Å². The van der Waals surface area contributed by atoms with Crippen molar-refractivity contribution in [2.24, 2.45) is 0 Å². The van der Waals surface area contributed by atoms with Gasteiger partial charge in [0.25, 0.3) is 11.8 Å². The topological polar surface area (TPSA) is 98.1 Å². The molecule has 1 saturated heterocycles. The van der Waals surface area contributed by atoms with Gasteiger partial charge in [-0.25, -0.2) is 9.69 Å². The molecule has 0 unspecified atom stereocenters. The van der Waals surface area contributed by atoms with Crippen LogP contribution in [0.25, 0.3) is 6.08 Å². The van der Waals surface area contributed by atoms with Gasteiger partial charge < -0.3 is 13.9 Å². The molecule has 0 aliphatic carbocycles. The first-order valence-electron chi connectivity index (χ1n) is 7.20. The molecule has 0 saturated carbocycles. The average Bonchev–Trinajstić information content (AvgIpc) is 3.17. The van der Waals surface area contributed by atoms with Crippen molar-refractivity contribution in [1.82, 2.24) is 5.32 Å². The fourth-order valence-electron chi connectivity index (χ4n) is 2.49. The molecule has 4 amide bonds. The van der Waals surface area contributed by atoms with Gasteiger partial charge in [-0.2, -0.15) is 0 Å². The van der Waals surface area contributed by atoms with E-state index in [0.29, 0.717) is 20.6 Å². The van der Waals surface area contributed by atoms with E-state index in [-0.39, 0.29) is 23.8 Å². The third kappa shape index (κ3) is 2.80. The van der Waals surface area contributed by atoms with E-state index in [0.717, 1.165) is 4.90 Å². The van der Waals surface area contributed by atoms with Gasteiger partial charge in [0.15, 0.2) is 16.2 Å². The highest BCUT2D eigenvalue weighted by Gasteiger charge is 2.37. The quantitative estimate of drug-likeness (QED) is 0.520. The number of hydrogen-bond donors (Lipinski definition) is 1. The molecule has 26 heavy (non-hydrogen) atoms. The molecule has 0 spiro atoms. The molecule has 1 fully saturated rings. The maximum Gasteiger partial charge on any atom is 0.335 e. The SMILES string of the molecule is O=C1NC(=O)N(c2ccc3c(c2)OCO3)C(=O)/C1=C/c1cc(Br)c(Br)o1. The Hall–Kier alpha value is -2.59. The highest BCUT2D eigenvalue weighted by atomic mass is 79.9. The maximum atomic E-state index is 12.8. The largest absolute Gasteiger partial charge is 0.454 e. The van der Waals surface area contributed by atoms with Gasteiger partial charge in [-0.05, 0) is 56.1 Å². The minimum atomic E-state index is -0.849. The predicted molar refractivity (Wildman–Crippen MR) is 95.7 cm³/mol. The molecule has 10 heteroatoms. The van der Waals surface area contributed by atoms with Gasteiger partial charge in [0.1, 0.15) is 11.3 Å². The molecule has 0 radical (unpaired) electrons. The van der Waals surface area contributed by atoms with Gasteiger partial charge in [-0.1, -0.05) is 0 Å². The number of nitrogens with one attached hydrogen (secondary N) is 1. The number of carbonyl (C=O) groups is 3. The molecule has 2 aromatic rings. The molecule has 8 nitrogen and oxygen atoms in total. The van der Waals surface area contributed by atoms with Gasteiger partial charge in [-0.15, -0.1) is 0 Å². The van der Waals surface area contributed by atoms with Crippen LogP contribution in [-0.2, 0) is 9.59 Å². The lowest BCUT2D eigenvalue weighted by molar-refractivity contribution is -0.122. The van der Waals surface area contributed by atoms with Crippen LogP contribution in [0.5, 0.6) is 11.5 Å². The monoisotopic (exact) mass is 482 g/mol. The van der Waals surface area contributed by atoms with Crippen LogP contribution in [0.15, 0.2) is 43.4 Å². The summed E-state index contributed by atoms with van der Waals surface area (Å²) in [5.41, 5.74) is 0.00738. The second-order valence-corrected chi connectivity index (χ2v) is 6.84.